The molecule has 0 spiro atoms. The molecule has 2 heterocycles. The number of ether oxygens (including phenoxy) is 1. The van der Waals surface area contributed by atoms with Crippen molar-refractivity contribution in [1.29, 1.82) is 0 Å². The molecule has 1 atom stereocenters. The fraction of sp³-hybridized carbons (Fsp3) is 0.583. The molecule has 1 aromatic rings. The summed E-state index contributed by atoms with van der Waals surface area (Å²) in [6, 6.07) is 4.39. The van der Waals surface area contributed by atoms with Gasteiger partial charge in [0.15, 0.2) is 0 Å². The quantitative estimate of drug-likeness (QED) is 0.854. The average molecular weight is 285 g/mol. The summed E-state index contributed by atoms with van der Waals surface area (Å²) >= 11 is 3.36. The fourth-order valence-corrected chi connectivity index (χ4v) is 2.22. The Kier molecular flexibility index (Phi) is 4.18. The van der Waals surface area contributed by atoms with Gasteiger partial charge in [0.1, 0.15) is 6.61 Å². The third-order valence-corrected chi connectivity index (χ3v) is 3.51. The van der Waals surface area contributed by atoms with Crippen molar-refractivity contribution >= 4 is 15.9 Å². The maximum atomic E-state index is 5.70. The van der Waals surface area contributed by atoms with Crippen LogP contribution in [0.1, 0.15) is 19.3 Å². The van der Waals surface area contributed by atoms with E-state index in [1.54, 1.807) is 6.20 Å². The summed E-state index contributed by atoms with van der Waals surface area (Å²) in [7, 11) is 2.17. The minimum Gasteiger partial charge on any atom is -0.476 e. The monoisotopic (exact) mass is 284 g/mol. The molecule has 0 saturated carbocycles. The first-order valence-corrected chi connectivity index (χ1v) is 6.49. The minimum atomic E-state index is 0.541. The summed E-state index contributed by atoms with van der Waals surface area (Å²) in [4.78, 5) is 6.58. The molecule has 1 fully saturated rings. The number of rotatable bonds is 3. The van der Waals surface area contributed by atoms with E-state index >= 15 is 0 Å². The zero-order valence-corrected chi connectivity index (χ0v) is 11.1. The van der Waals surface area contributed by atoms with Crippen LogP contribution in [-0.4, -0.2) is 36.1 Å². The lowest BCUT2D eigenvalue weighted by Crippen LogP contribution is -2.40. The zero-order chi connectivity index (χ0) is 11.4. The molecule has 3 nitrogen and oxygen atoms in total. The van der Waals surface area contributed by atoms with E-state index in [0.29, 0.717) is 11.9 Å². The molecule has 0 aliphatic carbocycles. The fourth-order valence-electron chi connectivity index (χ4n) is 1.98. The average Bonchev–Trinajstić information content (AvgIpc) is 2.30. The Hall–Kier alpha value is -0.610. The number of hydrogen-bond donors (Lipinski definition) is 0. The zero-order valence-electron chi connectivity index (χ0n) is 9.53. The largest absolute Gasteiger partial charge is 0.476 e. The van der Waals surface area contributed by atoms with Crippen LogP contribution in [0.4, 0.5) is 0 Å². The van der Waals surface area contributed by atoms with Gasteiger partial charge in [0.25, 0.3) is 0 Å². The number of piperidine rings is 1. The summed E-state index contributed by atoms with van der Waals surface area (Å²) in [5.41, 5.74) is 0. The van der Waals surface area contributed by atoms with Crippen LogP contribution in [0.5, 0.6) is 5.88 Å². The molecule has 0 aromatic carbocycles. The molecule has 1 aliphatic rings. The first-order valence-electron chi connectivity index (χ1n) is 5.70. The second kappa shape index (κ2) is 5.64. The van der Waals surface area contributed by atoms with E-state index in [4.69, 9.17) is 4.74 Å². The van der Waals surface area contributed by atoms with Crippen LogP contribution >= 0.6 is 15.9 Å². The van der Waals surface area contributed by atoms with E-state index in [9.17, 15) is 0 Å². The van der Waals surface area contributed by atoms with Crippen molar-refractivity contribution in [3.8, 4) is 5.88 Å². The second-order valence-electron chi connectivity index (χ2n) is 4.26. The predicted molar refractivity (Wildman–Crippen MR) is 67.7 cm³/mol. The van der Waals surface area contributed by atoms with Crippen LogP contribution in [0.3, 0.4) is 0 Å². The van der Waals surface area contributed by atoms with Gasteiger partial charge >= 0.3 is 0 Å². The molecule has 4 heteroatoms. The molecule has 1 saturated heterocycles. The van der Waals surface area contributed by atoms with Crippen molar-refractivity contribution in [2.45, 2.75) is 25.3 Å². The molecule has 1 unspecified atom stereocenters. The van der Waals surface area contributed by atoms with Crippen LogP contribution in [0.15, 0.2) is 22.8 Å². The molecule has 88 valence electrons. The summed E-state index contributed by atoms with van der Waals surface area (Å²) in [5, 5.41) is 0. The lowest BCUT2D eigenvalue weighted by Gasteiger charge is -2.31. The van der Waals surface area contributed by atoms with Gasteiger partial charge in [0, 0.05) is 22.8 Å². The molecule has 1 aliphatic heterocycles. The highest BCUT2D eigenvalue weighted by Crippen LogP contribution is 2.17. The van der Waals surface area contributed by atoms with Crippen molar-refractivity contribution < 1.29 is 4.74 Å². The maximum absolute atomic E-state index is 5.70. The van der Waals surface area contributed by atoms with Crippen molar-refractivity contribution in [2.24, 2.45) is 0 Å². The lowest BCUT2D eigenvalue weighted by molar-refractivity contribution is 0.122. The van der Waals surface area contributed by atoms with E-state index in [0.717, 1.165) is 11.1 Å². The predicted octanol–water partition coefficient (Wildman–Crippen LogP) is 2.71. The van der Waals surface area contributed by atoms with E-state index in [1.165, 1.54) is 25.8 Å². The third kappa shape index (κ3) is 3.19. The SMILES string of the molecule is CN1CCCCC1COc1ccc(Br)cn1. The molecule has 0 radical (unpaired) electrons. The molecule has 1 aromatic heterocycles. The Morgan fingerprint density at radius 2 is 2.38 bits per heavy atom. The maximum Gasteiger partial charge on any atom is 0.213 e. The smallest absolute Gasteiger partial charge is 0.213 e. The Morgan fingerprint density at radius 1 is 1.50 bits per heavy atom. The van der Waals surface area contributed by atoms with Gasteiger partial charge in [-0.1, -0.05) is 6.42 Å². The highest BCUT2D eigenvalue weighted by Gasteiger charge is 2.19. The highest BCUT2D eigenvalue weighted by atomic mass is 79.9. The van der Waals surface area contributed by atoms with Gasteiger partial charge in [0.2, 0.25) is 5.88 Å². The van der Waals surface area contributed by atoms with Crippen molar-refractivity contribution in [2.75, 3.05) is 20.2 Å². The van der Waals surface area contributed by atoms with Crippen LogP contribution in [0.2, 0.25) is 0 Å². The van der Waals surface area contributed by atoms with Gasteiger partial charge in [-0.2, -0.15) is 0 Å². The molecule has 0 N–H and O–H groups in total. The van der Waals surface area contributed by atoms with E-state index < -0.39 is 0 Å². The summed E-state index contributed by atoms with van der Waals surface area (Å²) in [6.45, 7) is 1.92. The lowest BCUT2D eigenvalue weighted by atomic mass is 10.0. The Labute approximate surface area is 105 Å². The van der Waals surface area contributed by atoms with Crippen molar-refractivity contribution in [3.63, 3.8) is 0 Å². The first-order chi connectivity index (χ1) is 7.75. The molecule has 16 heavy (non-hydrogen) atoms. The molecule has 0 bridgehead atoms. The minimum absolute atomic E-state index is 0.541. The number of likely N-dealkylation sites (tertiary alicyclic amines) is 1. The number of likely N-dealkylation sites (N-methyl/N-ethyl adjacent to an activating group) is 1. The van der Waals surface area contributed by atoms with Gasteiger partial charge in [-0.15, -0.1) is 0 Å². The molecule has 0 amide bonds. The number of pyridine rings is 1. The molecule has 2 rings (SSSR count). The Balaban J connectivity index is 1.84. The number of halogens is 1. The van der Waals surface area contributed by atoms with E-state index in [1.807, 2.05) is 12.1 Å². The Morgan fingerprint density at radius 3 is 3.06 bits per heavy atom. The van der Waals surface area contributed by atoms with Crippen molar-refractivity contribution in [3.05, 3.63) is 22.8 Å². The number of nitrogens with zero attached hydrogens (tertiary/aromatic N) is 2. The van der Waals surface area contributed by atoms with Crippen LogP contribution < -0.4 is 4.74 Å². The van der Waals surface area contributed by atoms with E-state index in [-0.39, 0.29) is 0 Å². The van der Waals surface area contributed by atoms with Gasteiger partial charge in [-0.05, 0) is 48.4 Å². The summed E-state index contributed by atoms with van der Waals surface area (Å²) < 4.78 is 6.68. The summed E-state index contributed by atoms with van der Waals surface area (Å²) in [5.74, 6) is 0.710. The van der Waals surface area contributed by atoms with Crippen molar-refractivity contribution in [1.82, 2.24) is 9.88 Å². The molecular weight excluding hydrogens is 268 g/mol. The van der Waals surface area contributed by atoms with Gasteiger partial charge in [0.05, 0.1) is 0 Å². The van der Waals surface area contributed by atoms with Crippen LogP contribution in [0, 0.1) is 0 Å². The standard InChI is InChI=1S/C12H17BrN2O/c1-15-7-3-2-4-11(15)9-16-12-6-5-10(13)8-14-12/h5-6,8,11H,2-4,7,9H2,1H3. The topological polar surface area (TPSA) is 25.4 Å². The van der Waals surface area contributed by atoms with Crippen LogP contribution in [-0.2, 0) is 0 Å². The Bertz CT molecular complexity index is 328. The van der Waals surface area contributed by atoms with Gasteiger partial charge in [-0.25, -0.2) is 4.98 Å². The molecular formula is C12H17BrN2O. The number of hydrogen-bond acceptors (Lipinski definition) is 3. The second-order valence-corrected chi connectivity index (χ2v) is 5.17. The van der Waals surface area contributed by atoms with Gasteiger partial charge in [-0.3, -0.25) is 0 Å². The first kappa shape index (κ1) is 11.9. The van der Waals surface area contributed by atoms with Gasteiger partial charge < -0.3 is 9.64 Å². The summed E-state index contributed by atoms with van der Waals surface area (Å²) in [6.07, 6.45) is 5.61. The normalized spacial score (nSPS) is 22.0. The third-order valence-electron chi connectivity index (χ3n) is 3.05. The number of aromatic nitrogens is 1. The van der Waals surface area contributed by atoms with Crippen LogP contribution in [0.25, 0.3) is 0 Å². The highest BCUT2D eigenvalue weighted by molar-refractivity contribution is 9.10. The van der Waals surface area contributed by atoms with E-state index in [2.05, 4.69) is 32.9 Å².